The Bertz CT molecular complexity index is 922. The van der Waals surface area contributed by atoms with Gasteiger partial charge < -0.3 is 19.5 Å². The van der Waals surface area contributed by atoms with E-state index in [1.54, 1.807) is 16.7 Å². The molecule has 1 fully saturated rings. The standard InChI is InChI=1S/C18H19N3O2S/c1-19-16-7-4-14(12-17(16)24-18(19)23)21-10-8-20(9-11-21)13-2-5-15(22)6-3-13/h2-7,12,22H,8-11H2,1H3. The monoisotopic (exact) mass is 341 g/mol. The van der Waals surface area contributed by atoms with Gasteiger partial charge in [-0.2, -0.15) is 0 Å². The molecule has 0 amide bonds. The van der Waals surface area contributed by atoms with E-state index in [0.717, 1.165) is 42.1 Å². The minimum Gasteiger partial charge on any atom is -0.508 e. The first-order valence-corrected chi connectivity index (χ1v) is 8.82. The molecule has 1 aromatic heterocycles. The molecule has 0 saturated carbocycles. The number of thiazole rings is 1. The molecule has 3 aromatic rings. The quantitative estimate of drug-likeness (QED) is 0.778. The number of anilines is 2. The van der Waals surface area contributed by atoms with Gasteiger partial charge in [-0.3, -0.25) is 4.79 Å². The normalized spacial score (nSPS) is 15.2. The van der Waals surface area contributed by atoms with Gasteiger partial charge in [-0.25, -0.2) is 0 Å². The summed E-state index contributed by atoms with van der Waals surface area (Å²) in [6.07, 6.45) is 0. The van der Waals surface area contributed by atoms with Gasteiger partial charge in [-0.1, -0.05) is 11.3 Å². The number of hydrogen-bond acceptors (Lipinski definition) is 5. The first-order chi connectivity index (χ1) is 11.6. The molecule has 0 aliphatic carbocycles. The van der Waals surface area contributed by atoms with Gasteiger partial charge in [-0.05, 0) is 42.5 Å². The summed E-state index contributed by atoms with van der Waals surface area (Å²) in [5.41, 5.74) is 3.32. The molecule has 1 aliphatic rings. The molecule has 2 heterocycles. The van der Waals surface area contributed by atoms with Crippen LogP contribution in [0.25, 0.3) is 10.2 Å². The van der Waals surface area contributed by atoms with Crippen LogP contribution in [0.4, 0.5) is 11.4 Å². The lowest BCUT2D eigenvalue weighted by molar-refractivity contribution is 0.475. The lowest BCUT2D eigenvalue weighted by atomic mass is 10.2. The smallest absolute Gasteiger partial charge is 0.307 e. The van der Waals surface area contributed by atoms with Crippen molar-refractivity contribution < 1.29 is 5.11 Å². The van der Waals surface area contributed by atoms with E-state index in [2.05, 4.69) is 21.9 Å². The minimum absolute atomic E-state index is 0.0827. The maximum atomic E-state index is 11.8. The van der Waals surface area contributed by atoms with Crippen LogP contribution in [0.3, 0.4) is 0 Å². The third kappa shape index (κ3) is 2.63. The highest BCUT2D eigenvalue weighted by atomic mass is 32.1. The molecule has 0 radical (unpaired) electrons. The number of rotatable bonds is 2. The molecule has 1 saturated heterocycles. The van der Waals surface area contributed by atoms with Crippen molar-refractivity contribution in [1.82, 2.24) is 4.57 Å². The zero-order valence-electron chi connectivity index (χ0n) is 13.5. The van der Waals surface area contributed by atoms with Crippen LogP contribution >= 0.6 is 11.3 Å². The molecule has 124 valence electrons. The molecular weight excluding hydrogens is 322 g/mol. The second-order valence-electron chi connectivity index (χ2n) is 6.07. The fourth-order valence-corrected chi connectivity index (χ4v) is 4.12. The number of aryl methyl sites for hydroxylation is 1. The predicted molar refractivity (Wildman–Crippen MR) is 99.6 cm³/mol. The van der Waals surface area contributed by atoms with Gasteiger partial charge in [0.25, 0.3) is 0 Å². The Balaban J connectivity index is 1.51. The van der Waals surface area contributed by atoms with Gasteiger partial charge in [-0.15, -0.1) is 0 Å². The van der Waals surface area contributed by atoms with Crippen LogP contribution in [0, 0.1) is 0 Å². The van der Waals surface area contributed by atoms with Gasteiger partial charge in [0.2, 0.25) is 0 Å². The molecule has 0 bridgehead atoms. The molecule has 0 unspecified atom stereocenters. The summed E-state index contributed by atoms with van der Waals surface area (Å²) in [4.78, 5) is 16.6. The SMILES string of the molecule is Cn1c(=O)sc2cc(N3CCN(c4ccc(O)cc4)CC3)ccc21. The zero-order chi connectivity index (χ0) is 16.7. The average Bonchev–Trinajstić information content (AvgIpc) is 2.89. The van der Waals surface area contributed by atoms with Crippen molar-refractivity contribution in [3.63, 3.8) is 0 Å². The Labute approximate surface area is 144 Å². The number of aromatic hydroxyl groups is 1. The van der Waals surface area contributed by atoms with Gasteiger partial charge >= 0.3 is 4.87 Å². The van der Waals surface area contributed by atoms with E-state index in [9.17, 15) is 9.90 Å². The number of piperazine rings is 1. The highest BCUT2D eigenvalue weighted by molar-refractivity contribution is 7.16. The third-order valence-corrected chi connectivity index (χ3v) is 5.63. The van der Waals surface area contributed by atoms with Crippen LogP contribution in [-0.4, -0.2) is 35.9 Å². The van der Waals surface area contributed by atoms with Gasteiger partial charge in [0.05, 0.1) is 10.2 Å². The van der Waals surface area contributed by atoms with Gasteiger partial charge in [0.15, 0.2) is 0 Å². The first kappa shape index (κ1) is 15.1. The van der Waals surface area contributed by atoms with Gasteiger partial charge in [0, 0.05) is 44.6 Å². The minimum atomic E-state index is 0.0827. The van der Waals surface area contributed by atoms with E-state index in [0.29, 0.717) is 5.75 Å². The molecule has 1 aliphatic heterocycles. The summed E-state index contributed by atoms with van der Waals surface area (Å²) in [5, 5.41) is 9.40. The van der Waals surface area contributed by atoms with Crippen molar-refractivity contribution in [3.05, 3.63) is 52.1 Å². The molecule has 5 nitrogen and oxygen atoms in total. The van der Waals surface area contributed by atoms with E-state index < -0.39 is 0 Å². The molecule has 1 N–H and O–H groups in total. The van der Waals surface area contributed by atoms with Crippen molar-refractivity contribution in [2.24, 2.45) is 7.05 Å². The van der Waals surface area contributed by atoms with E-state index in [4.69, 9.17) is 0 Å². The Kier molecular flexibility index (Phi) is 3.69. The van der Waals surface area contributed by atoms with E-state index in [1.165, 1.54) is 17.0 Å². The Hall–Kier alpha value is -2.47. The maximum absolute atomic E-state index is 11.8. The molecule has 0 atom stereocenters. The van der Waals surface area contributed by atoms with Crippen LogP contribution < -0.4 is 14.7 Å². The molecule has 0 spiro atoms. The summed E-state index contributed by atoms with van der Waals surface area (Å²) in [7, 11) is 1.82. The number of aromatic nitrogens is 1. The van der Waals surface area contributed by atoms with E-state index >= 15 is 0 Å². The Morgan fingerprint density at radius 3 is 2.17 bits per heavy atom. The third-order valence-electron chi connectivity index (χ3n) is 4.64. The van der Waals surface area contributed by atoms with Gasteiger partial charge in [0.1, 0.15) is 5.75 Å². The number of nitrogens with zero attached hydrogens (tertiary/aromatic N) is 3. The summed E-state index contributed by atoms with van der Waals surface area (Å²) >= 11 is 1.30. The van der Waals surface area contributed by atoms with Crippen LogP contribution in [0.2, 0.25) is 0 Å². The number of benzene rings is 2. The first-order valence-electron chi connectivity index (χ1n) is 8.00. The van der Waals surface area contributed by atoms with Crippen LogP contribution in [0.1, 0.15) is 0 Å². The topological polar surface area (TPSA) is 48.7 Å². The Morgan fingerprint density at radius 1 is 0.917 bits per heavy atom. The maximum Gasteiger partial charge on any atom is 0.307 e. The number of fused-ring (bicyclic) bond motifs is 1. The van der Waals surface area contributed by atoms with E-state index in [-0.39, 0.29) is 4.87 Å². The van der Waals surface area contributed by atoms with E-state index in [1.807, 2.05) is 25.2 Å². The molecular formula is C18H19N3O2S. The van der Waals surface area contributed by atoms with Crippen molar-refractivity contribution in [2.45, 2.75) is 0 Å². The van der Waals surface area contributed by atoms with Crippen LogP contribution in [-0.2, 0) is 7.05 Å². The number of hydrogen-bond donors (Lipinski definition) is 1. The van der Waals surface area contributed by atoms with Crippen LogP contribution in [0.15, 0.2) is 47.3 Å². The number of phenolic OH excluding ortho intramolecular Hbond substituents is 1. The van der Waals surface area contributed by atoms with Crippen LogP contribution in [0.5, 0.6) is 5.75 Å². The fraction of sp³-hybridized carbons (Fsp3) is 0.278. The molecule has 4 rings (SSSR count). The summed E-state index contributed by atoms with van der Waals surface area (Å²) in [6, 6.07) is 13.6. The van der Waals surface area contributed by atoms with Crippen molar-refractivity contribution in [2.75, 3.05) is 36.0 Å². The highest BCUT2D eigenvalue weighted by Gasteiger charge is 2.18. The zero-order valence-corrected chi connectivity index (χ0v) is 14.3. The highest BCUT2D eigenvalue weighted by Crippen LogP contribution is 2.26. The van der Waals surface area contributed by atoms with Crippen molar-refractivity contribution >= 4 is 32.9 Å². The lowest BCUT2D eigenvalue weighted by Crippen LogP contribution is -2.46. The van der Waals surface area contributed by atoms with Crippen molar-refractivity contribution in [3.8, 4) is 5.75 Å². The Morgan fingerprint density at radius 2 is 1.50 bits per heavy atom. The molecule has 24 heavy (non-hydrogen) atoms. The molecule has 6 heteroatoms. The summed E-state index contributed by atoms with van der Waals surface area (Å²) in [5.74, 6) is 0.299. The fourth-order valence-electron chi connectivity index (χ4n) is 3.21. The largest absolute Gasteiger partial charge is 0.508 e. The predicted octanol–water partition coefficient (Wildman–Crippen LogP) is 2.63. The van der Waals surface area contributed by atoms with Crippen molar-refractivity contribution in [1.29, 1.82) is 0 Å². The second kappa shape index (κ2) is 5.87. The molecule has 2 aromatic carbocycles. The average molecular weight is 341 g/mol. The summed E-state index contributed by atoms with van der Waals surface area (Å²) in [6.45, 7) is 3.75. The second-order valence-corrected chi connectivity index (χ2v) is 7.06. The number of phenols is 1. The lowest BCUT2D eigenvalue weighted by Gasteiger charge is -2.37. The summed E-state index contributed by atoms with van der Waals surface area (Å²) < 4.78 is 2.74.